The van der Waals surface area contributed by atoms with Gasteiger partial charge in [-0.2, -0.15) is 0 Å². The Morgan fingerprint density at radius 3 is 2.58 bits per heavy atom. The van der Waals surface area contributed by atoms with Gasteiger partial charge in [0.2, 0.25) is 0 Å². The van der Waals surface area contributed by atoms with Crippen LogP contribution in [0.15, 0.2) is 85.3 Å². The molecule has 0 aliphatic rings. The zero-order chi connectivity index (χ0) is 21.4. The molecule has 0 N–H and O–H groups in total. The number of fused-ring (bicyclic) bond motifs is 1. The summed E-state index contributed by atoms with van der Waals surface area (Å²) in [5.41, 5.74) is 6.22. The molecule has 5 rings (SSSR count). The van der Waals surface area contributed by atoms with E-state index in [2.05, 4.69) is 26.6 Å². The van der Waals surface area contributed by atoms with E-state index in [1.165, 1.54) is 6.07 Å². The Kier molecular flexibility index (Phi) is 4.71. The predicted octanol–water partition coefficient (Wildman–Crippen LogP) is 6.19. The summed E-state index contributed by atoms with van der Waals surface area (Å²) in [4.78, 5) is 9.23. The summed E-state index contributed by atoms with van der Waals surface area (Å²) in [5, 5.41) is 0. The molecule has 0 aliphatic carbocycles. The number of pyridine rings is 2. The third-order valence-corrected chi connectivity index (χ3v) is 5.41. The first-order chi connectivity index (χ1) is 15.1. The van der Waals surface area contributed by atoms with Crippen LogP contribution in [0.1, 0.15) is 5.56 Å². The van der Waals surface area contributed by atoms with E-state index in [1.54, 1.807) is 26.3 Å². The number of benzene rings is 2. The average Bonchev–Trinajstić information content (AvgIpc) is 3.24. The molecule has 0 bridgehead atoms. The van der Waals surface area contributed by atoms with Crippen molar-refractivity contribution < 1.29 is 9.13 Å². The third-order valence-electron chi connectivity index (χ3n) is 5.41. The fourth-order valence-electron chi connectivity index (χ4n) is 3.79. The van der Waals surface area contributed by atoms with Crippen molar-refractivity contribution in [2.45, 2.75) is 6.92 Å². The monoisotopic (exact) mass is 409 g/mol. The molecular weight excluding hydrogens is 389 g/mol. The van der Waals surface area contributed by atoms with Crippen molar-refractivity contribution in [1.82, 2.24) is 14.4 Å². The molecule has 3 aromatic heterocycles. The summed E-state index contributed by atoms with van der Waals surface area (Å²) in [6.07, 6.45) is 5.68. The Balaban J connectivity index is 1.66. The van der Waals surface area contributed by atoms with Crippen molar-refractivity contribution in [2.24, 2.45) is 0 Å². The Hall–Kier alpha value is -3.99. The number of imidazole rings is 1. The summed E-state index contributed by atoms with van der Waals surface area (Å²) in [6, 6.07) is 21.0. The molecule has 152 valence electrons. The highest BCUT2D eigenvalue weighted by Gasteiger charge is 2.13. The van der Waals surface area contributed by atoms with E-state index in [-0.39, 0.29) is 5.82 Å². The van der Waals surface area contributed by atoms with Crippen molar-refractivity contribution in [1.29, 1.82) is 0 Å². The van der Waals surface area contributed by atoms with Gasteiger partial charge in [0.15, 0.2) is 0 Å². The van der Waals surface area contributed by atoms with Gasteiger partial charge in [-0.3, -0.25) is 9.38 Å². The lowest BCUT2D eigenvalue weighted by Crippen LogP contribution is -1.94. The highest BCUT2D eigenvalue weighted by Crippen LogP contribution is 2.32. The van der Waals surface area contributed by atoms with Crippen LogP contribution in [0.25, 0.3) is 39.3 Å². The fraction of sp³-hybridized carbons (Fsp3) is 0.0769. The number of aryl methyl sites for hydroxylation is 1. The van der Waals surface area contributed by atoms with E-state index in [0.717, 1.165) is 45.0 Å². The molecule has 4 nitrogen and oxygen atoms in total. The van der Waals surface area contributed by atoms with Crippen molar-refractivity contribution in [3.05, 3.63) is 96.7 Å². The Labute approximate surface area is 179 Å². The maximum absolute atomic E-state index is 13.8. The first kappa shape index (κ1) is 19.0. The normalized spacial score (nSPS) is 11.1. The van der Waals surface area contributed by atoms with Crippen molar-refractivity contribution in [3.8, 4) is 39.5 Å². The van der Waals surface area contributed by atoms with Gasteiger partial charge in [-0.15, -0.1) is 0 Å². The quantitative estimate of drug-likeness (QED) is 0.355. The number of halogens is 1. The van der Waals surface area contributed by atoms with Crippen LogP contribution in [0, 0.1) is 12.7 Å². The number of methoxy groups -OCH3 is 1. The van der Waals surface area contributed by atoms with E-state index in [9.17, 15) is 4.39 Å². The van der Waals surface area contributed by atoms with Crippen molar-refractivity contribution in [3.63, 3.8) is 0 Å². The molecule has 5 heteroatoms. The van der Waals surface area contributed by atoms with Gasteiger partial charge in [-0.25, -0.2) is 9.37 Å². The predicted molar refractivity (Wildman–Crippen MR) is 121 cm³/mol. The lowest BCUT2D eigenvalue weighted by atomic mass is 9.99. The minimum atomic E-state index is -0.219. The second-order valence-corrected chi connectivity index (χ2v) is 7.39. The molecule has 3 heterocycles. The van der Waals surface area contributed by atoms with Crippen LogP contribution >= 0.6 is 0 Å². The highest BCUT2D eigenvalue weighted by molar-refractivity contribution is 5.81. The van der Waals surface area contributed by atoms with Crippen LogP contribution in [0.2, 0.25) is 0 Å². The maximum atomic E-state index is 13.8. The van der Waals surface area contributed by atoms with Crippen molar-refractivity contribution >= 4 is 5.52 Å². The molecule has 5 aromatic rings. The van der Waals surface area contributed by atoms with Crippen LogP contribution in [0.5, 0.6) is 5.75 Å². The smallest absolute Gasteiger partial charge is 0.144 e. The van der Waals surface area contributed by atoms with Gasteiger partial charge in [0, 0.05) is 34.6 Å². The summed E-state index contributed by atoms with van der Waals surface area (Å²) in [6.45, 7) is 1.76. The first-order valence-electron chi connectivity index (χ1n) is 9.97. The van der Waals surface area contributed by atoms with Gasteiger partial charge in [0.05, 0.1) is 24.5 Å². The molecule has 0 aliphatic heterocycles. The molecule has 0 saturated heterocycles. The summed E-state index contributed by atoms with van der Waals surface area (Å²) in [5.74, 6) is 1.40. The van der Waals surface area contributed by atoms with Crippen molar-refractivity contribution in [2.75, 3.05) is 7.11 Å². The Bertz CT molecular complexity index is 1410. The third kappa shape index (κ3) is 3.44. The minimum absolute atomic E-state index is 0.219. The van der Waals surface area contributed by atoms with Gasteiger partial charge < -0.3 is 4.74 Å². The first-order valence-corrected chi connectivity index (χ1v) is 9.97. The summed E-state index contributed by atoms with van der Waals surface area (Å²) >= 11 is 0. The summed E-state index contributed by atoms with van der Waals surface area (Å²) in [7, 11) is 1.65. The van der Waals surface area contributed by atoms with Crippen LogP contribution in [0.3, 0.4) is 0 Å². The lowest BCUT2D eigenvalue weighted by Gasteiger charge is -2.11. The summed E-state index contributed by atoms with van der Waals surface area (Å²) < 4.78 is 21.2. The second-order valence-electron chi connectivity index (χ2n) is 7.39. The minimum Gasteiger partial charge on any atom is -0.497 e. The standard InChI is InChI=1S/C26H20FN3O/c1-17-13-18(9-11-24(17)27)25-23(7-4-12-28-25)20-8-10-21-15-29-26(30(21)16-20)19-5-3-6-22(14-19)31-2/h3-16H,1-2H3. The molecule has 0 radical (unpaired) electrons. The highest BCUT2D eigenvalue weighted by atomic mass is 19.1. The van der Waals surface area contributed by atoms with E-state index in [0.29, 0.717) is 5.56 Å². The van der Waals surface area contributed by atoms with Crippen LogP contribution in [-0.4, -0.2) is 21.5 Å². The molecule has 0 amide bonds. The average molecular weight is 409 g/mol. The number of rotatable bonds is 4. The molecule has 0 spiro atoms. The Morgan fingerprint density at radius 1 is 0.871 bits per heavy atom. The largest absolute Gasteiger partial charge is 0.497 e. The molecule has 2 aromatic carbocycles. The van der Waals surface area contributed by atoms with E-state index in [4.69, 9.17) is 4.74 Å². The van der Waals surface area contributed by atoms with Crippen LogP contribution in [-0.2, 0) is 0 Å². The van der Waals surface area contributed by atoms with Gasteiger partial charge in [0.1, 0.15) is 17.4 Å². The molecule has 31 heavy (non-hydrogen) atoms. The number of hydrogen-bond acceptors (Lipinski definition) is 3. The van der Waals surface area contributed by atoms with Gasteiger partial charge in [-0.1, -0.05) is 24.3 Å². The zero-order valence-corrected chi connectivity index (χ0v) is 17.2. The fourth-order valence-corrected chi connectivity index (χ4v) is 3.79. The number of hydrogen-bond donors (Lipinski definition) is 0. The van der Waals surface area contributed by atoms with Crippen LogP contribution in [0.4, 0.5) is 4.39 Å². The van der Waals surface area contributed by atoms with Gasteiger partial charge in [0.25, 0.3) is 0 Å². The molecular formula is C26H20FN3O. The number of nitrogens with zero attached hydrogens (tertiary/aromatic N) is 3. The number of ether oxygens (including phenoxy) is 1. The van der Waals surface area contributed by atoms with Gasteiger partial charge >= 0.3 is 0 Å². The SMILES string of the molecule is COc1cccc(-c2ncc3ccc(-c4cccnc4-c4ccc(F)c(C)c4)cn23)c1. The lowest BCUT2D eigenvalue weighted by molar-refractivity contribution is 0.415. The zero-order valence-electron chi connectivity index (χ0n) is 17.2. The molecule has 0 atom stereocenters. The molecule has 0 saturated carbocycles. The molecule has 0 unspecified atom stereocenters. The van der Waals surface area contributed by atoms with Gasteiger partial charge in [-0.05, 0) is 55.0 Å². The second kappa shape index (κ2) is 7.69. The van der Waals surface area contributed by atoms with E-state index in [1.807, 2.05) is 54.7 Å². The van der Waals surface area contributed by atoms with E-state index >= 15 is 0 Å². The van der Waals surface area contributed by atoms with E-state index < -0.39 is 0 Å². The Morgan fingerprint density at radius 2 is 1.74 bits per heavy atom. The molecule has 0 fully saturated rings. The number of aromatic nitrogens is 3. The topological polar surface area (TPSA) is 39.4 Å². The van der Waals surface area contributed by atoms with Crippen LogP contribution < -0.4 is 4.74 Å². The maximum Gasteiger partial charge on any atom is 0.144 e.